The molecule has 105 heavy (non-hydrogen) atoms. The van der Waals surface area contributed by atoms with Crippen LogP contribution in [0, 0.1) is 113 Å². The maximum Gasteiger partial charge on any atom is -0.0354 e. The fraction of sp³-hybridized carbons (Fsp3) is 1.00. The van der Waals surface area contributed by atoms with Gasteiger partial charge in [0.15, 0.2) is 0 Å². The van der Waals surface area contributed by atoms with Crippen LogP contribution < -0.4 is 0 Å². The molecule has 0 radical (unpaired) electrons. The molecule has 0 spiro atoms. The van der Waals surface area contributed by atoms with Crippen LogP contribution in [0.4, 0.5) is 0 Å². The van der Waals surface area contributed by atoms with Crippen LogP contribution in [-0.2, 0) is 0 Å². The van der Waals surface area contributed by atoms with Gasteiger partial charge in [0.1, 0.15) is 0 Å². The number of rotatable bonds is 0. The molecule has 10 fully saturated rings. The van der Waals surface area contributed by atoms with Crippen molar-refractivity contribution in [1.29, 1.82) is 0 Å². The lowest BCUT2D eigenvalue weighted by atomic mass is 9.72. The van der Waals surface area contributed by atoms with Crippen molar-refractivity contribution in [1.82, 2.24) is 0 Å². The fourth-order valence-corrected chi connectivity index (χ4v) is 20.6. The summed E-state index contributed by atoms with van der Waals surface area (Å²) in [5.74, 6) is 9.96. The molecule has 0 aromatic heterocycles. The molecule has 0 amide bonds. The summed E-state index contributed by atoms with van der Waals surface area (Å²) in [6, 6.07) is 0. The lowest BCUT2D eigenvalue weighted by molar-refractivity contribution is 0.179. The van der Waals surface area contributed by atoms with E-state index >= 15 is 0 Å². The van der Waals surface area contributed by atoms with Gasteiger partial charge in [-0.1, -0.05) is 432 Å². The molecule has 0 heterocycles. The lowest BCUT2D eigenvalue weighted by Crippen LogP contribution is -2.22. The zero-order valence-corrected chi connectivity index (χ0v) is 79.7. The first kappa shape index (κ1) is 103. The summed E-state index contributed by atoms with van der Waals surface area (Å²) in [5, 5.41) is 0. The Morgan fingerprint density at radius 1 is 0.0857 bits per heavy atom. The van der Waals surface area contributed by atoms with E-state index in [1.165, 1.54) is 353 Å². The van der Waals surface area contributed by atoms with Crippen LogP contribution in [0.2, 0.25) is 0 Å². The molecule has 0 bridgehead atoms. The molecule has 630 valence electrons. The van der Waals surface area contributed by atoms with Gasteiger partial charge in [-0.3, -0.25) is 0 Å². The van der Waals surface area contributed by atoms with Crippen molar-refractivity contribution in [2.75, 3.05) is 0 Å². The Kier molecular flexibility index (Phi) is 51.5. The molecule has 10 saturated carbocycles. The average Bonchev–Trinajstić information content (AvgIpc) is 1.87. The molecule has 0 saturated heterocycles. The number of hydrogen-bond donors (Lipinski definition) is 0. The second kappa shape index (κ2) is 52.5. The van der Waals surface area contributed by atoms with Gasteiger partial charge in [-0.2, -0.15) is 0 Å². The SMILES string of the molecule is CC(C)(C)C1CCCCC1.CC(C)(C)C1CCCCC1.CC(C)(C)C1CCCCC1.CC(C)(C)C1CCCCC1.CC(C)(C)C1CCCCC1.CC(C)(C)C1CCCCCC1.CC(C)(C)C1CCCCCC1.CC(C)(C)C1CCCCCC1.CC(C)(C)C1CCCCCC1.CC(C)(C)C1CCCCCC1. The van der Waals surface area contributed by atoms with Gasteiger partial charge in [0, 0.05) is 0 Å². The van der Waals surface area contributed by atoms with E-state index in [0.29, 0.717) is 54.1 Å². The minimum Gasteiger partial charge on any atom is -0.0599 e. The van der Waals surface area contributed by atoms with E-state index in [4.69, 9.17) is 0 Å². The standard InChI is InChI=1S/5C11H22.5C10H20/c5*1-11(2,3)10-8-6-4-5-7-9-10;5*1-10(2,3)9-7-5-4-6-8-9/h5*10H,4-9H2,1-3H3;5*9H,4-8H2,1-3H3. The van der Waals surface area contributed by atoms with Crippen molar-refractivity contribution in [2.24, 2.45) is 113 Å². The molecule has 0 aromatic rings. The highest BCUT2D eigenvalue weighted by Crippen LogP contribution is 2.45. The molecule has 10 rings (SSSR count). The molecular weight excluding hydrogens is 1260 g/mol. The van der Waals surface area contributed by atoms with E-state index in [0.717, 1.165) is 59.2 Å². The minimum absolute atomic E-state index is 0.560. The van der Waals surface area contributed by atoms with Gasteiger partial charge < -0.3 is 0 Å². The maximum atomic E-state index is 2.39. The van der Waals surface area contributed by atoms with Gasteiger partial charge in [0.2, 0.25) is 0 Å². The zero-order chi connectivity index (χ0) is 79.7. The Labute approximate surface area is 670 Å². The summed E-state index contributed by atoms with van der Waals surface area (Å²) >= 11 is 0. The minimum atomic E-state index is 0.560. The third-order valence-corrected chi connectivity index (χ3v) is 29.5. The van der Waals surface area contributed by atoms with Crippen LogP contribution in [-0.4, -0.2) is 0 Å². The topological polar surface area (TPSA) is 0 Å². The lowest BCUT2D eigenvalue weighted by Gasteiger charge is -2.33. The second-order valence-electron chi connectivity index (χ2n) is 48.8. The third-order valence-electron chi connectivity index (χ3n) is 29.5. The highest BCUT2D eigenvalue weighted by Gasteiger charge is 2.33. The zero-order valence-electron chi connectivity index (χ0n) is 79.7. The van der Waals surface area contributed by atoms with Crippen molar-refractivity contribution < 1.29 is 0 Å². The van der Waals surface area contributed by atoms with Gasteiger partial charge in [0.25, 0.3) is 0 Å². The molecule has 10 aliphatic rings. The summed E-state index contributed by atoms with van der Waals surface area (Å²) in [6.45, 7) is 71.5. The van der Waals surface area contributed by atoms with Gasteiger partial charge in [0.05, 0.1) is 0 Å². The predicted octanol–water partition coefficient (Wildman–Crippen LogP) is 38.1. The Balaban J connectivity index is 0.000000583. The van der Waals surface area contributed by atoms with E-state index in [9.17, 15) is 0 Å². The van der Waals surface area contributed by atoms with Crippen LogP contribution in [0.1, 0.15) is 561 Å². The predicted molar refractivity (Wildman–Crippen MR) is 483 cm³/mol. The first-order valence-corrected chi connectivity index (χ1v) is 48.6. The normalized spacial score (nSPS) is 23.1. The first-order valence-electron chi connectivity index (χ1n) is 48.6. The van der Waals surface area contributed by atoms with Crippen molar-refractivity contribution in [2.45, 2.75) is 561 Å². The summed E-state index contributed by atoms with van der Waals surface area (Å²) in [7, 11) is 0. The second-order valence-corrected chi connectivity index (χ2v) is 48.8. The fourth-order valence-electron chi connectivity index (χ4n) is 20.6. The van der Waals surface area contributed by atoms with Crippen LogP contribution in [0.15, 0.2) is 0 Å². The summed E-state index contributed by atoms with van der Waals surface area (Å²) in [5.41, 5.74) is 5.65. The van der Waals surface area contributed by atoms with Crippen LogP contribution >= 0.6 is 0 Å². The van der Waals surface area contributed by atoms with Gasteiger partial charge in [-0.25, -0.2) is 0 Å². The van der Waals surface area contributed by atoms with Crippen LogP contribution in [0.5, 0.6) is 0 Å². The molecule has 0 nitrogen and oxygen atoms in total. The summed E-state index contributed by atoms with van der Waals surface area (Å²) in [4.78, 5) is 0. The Bertz CT molecular complexity index is 1580. The molecule has 0 atom stereocenters. The molecular formula is C105H210. The average molecular weight is 1470 g/mol. The summed E-state index contributed by atoms with van der Waals surface area (Å²) in [6.07, 6.45) is 81.2. The van der Waals surface area contributed by atoms with Crippen molar-refractivity contribution in [3.05, 3.63) is 0 Å². The molecule has 0 aromatic carbocycles. The number of hydrogen-bond acceptors (Lipinski definition) is 0. The van der Waals surface area contributed by atoms with Gasteiger partial charge in [-0.05, 0) is 242 Å². The maximum absolute atomic E-state index is 2.39. The highest BCUT2D eigenvalue weighted by molar-refractivity contribution is 4.84. The van der Waals surface area contributed by atoms with E-state index in [2.05, 4.69) is 208 Å². The third kappa shape index (κ3) is 51.5. The molecule has 0 heteroatoms. The van der Waals surface area contributed by atoms with Gasteiger partial charge >= 0.3 is 0 Å². The van der Waals surface area contributed by atoms with E-state index in [1.807, 2.05) is 0 Å². The molecule has 10 aliphatic carbocycles. The largest absolute Gasteiger partial charge is 0.0599 e. The van der Waals surface area contributed by atoms with E-state index < -0.39 is 0 Å². The highest BCUT2D eigenvalue weighted by atomic mass is 14.4. The van der Waals surface area contributed by atoms with E-state index in [-0.39, 0.29) is 0 Å². The van der Waals surface area contributed by atoms with Crippen molar-refractivity contribution >= 4 is 0 Å². The Morgan fingerprint density at radius 2 is 0.133 bits per heavy atom. The van der Waals surface area contributed by atoms with Crippen molar-refractivity contribution in [3.8, 4) is 0 Å². The quantitative estimate of drug-likeness (QED) is 0.212. The molecule has 0 aliphatic heterocycles. The molecule has 0 N–H and O–H groups in total. The Hall–Kier alpha value is 0. The van der Waals surface area contributed by atoms with Gasteiger partial charge in [-0.15, -0.1) is 0 Å². The first-order chi connectivity index (χ1) is 48.6. The Morgan fingerprint density at radius 3 is 0.181 bits per heavy atom. The van der Waals surface area contributed by atoms with Crippen LogP contribution in [0.3, 0.4) is 0 Å². The monoisotopic (exact) mass is 1470 g/mol. The van der Waals surface area contributed by atoms with Crippen LogP contribution in [0.25, 0.3) is 0 Å². The molecule has 0 unspecified atom stereocenters. The van der Waals surface area contributed by atoms with Crippen molar-refractivity contribution in [3.63, 3.8) is 0 Å². The smallest absolute Gasteiger partial charge is 0.0354 e. The summed E-state index contributed by atoms with van der Waals surface area (Å²) < 4.78 is 0. The van der Waals surface area contributed by atoms with E-state index in [1.54, 1.807) is 0 Å².